The summed E-state index contributed by atoms with van der Waals surface area (Å²) in [6.45, 7) is 13.9. The maximum Gasteiger partial charge on any atom is 0.0697 e. The van der Waals surface area contributed by atoms with E-state index in [1.54, 1.807) is 0 Å². The summed E-state index contributed by atoms with van der Waals surface area (Å²) in [4.78, 5) is 2.21. The molecule has 104 valence electrons. The summed E-state index contributed by atoms with van der Waals surface area (Å²) in [6.07, 6.45) is 1.39. The zero-order chi connectivity index (χ0) is 13.5. The molecule has 0 saturated carbocycles. The molecular formula is C14H32N2O. The monoisotopic (exact) mass is 244 g/mol. The van der Waals surface area contributed by atoms with Crippen LogP contribution in [0.15, 0.2) is 0 Å². The molecule has 1 unspecified atom stereocenters. The van der Waals surface area contributed by atoms with Gasteiger partial charge in [-0.1, -0.05) is 20.8 Å². The Labute approximate surface area is 108 Å². The first-order valence-corrected chi connectivity index (χ1v) is 6.79. The van der Waals surface area contributed by atoms with Crippen LogP contribution in [0.4, 0.5) is 0 Å². The Bertz CT molecular complexity index is 191. The van der Waals surface area contributed by atoms with Crippen molar-refractivity contribution in [3.63, 3.8) is 0 Å². The molecule has 0 rings (SSSR count). The van der Waals surface area contributed by atoms with E-state index in [-0.39, 0.29) is 5.54 Å². The van der Waals surface area contributed by atoms with Crippen LogP contribution in [0, 0.1) is 5.92 Å². The van der Waals surface area contributed by atoms with Gasteiger partial charge in [0.25, 0.3) is 0 Å². The molecule has 0 spiro atoms. The van der Waals surface area contributed by atoms with Crippen molar-refractivity contribution in [2.75, 3.05) is 33.8 Å². The van der Waals surface area contributed by atoms with Crippen LogP contribution in [0.1, 0.15) is 41.0 Å². The molecule has 1 atom stereocenters. The fraction of sp³-hybridized carbons (Fsp3) is 1.00. The lowest BCUT2D eigenvalue weighted by molar-refractivity contribution is -0.0124. The molecule has 0 aliphatic rings. The lowest BCUT2D eigenvalue weighted by Crippen LogP contribution is -2.44. The fourth-order valence-electron chi connectivity index (χ4n) is 1.30. The van der Waals surface area contributed by atoms with Crippen LogP contribution in [0.3, 0.4) is 0 Å². The van der Waals surface area contributed by atoms with Crippen LogP contribution in [0.5, 0.6) is 0 Å². The third-order valence-corrected chi connectivity index (χ3v) is 3.26. The molecule has 0 aliphatic carbocycles. The first kappa shape index (κ1) is 16.9. The summed E-state index contributed by atoms with van der Waals surface area (Å²) in [6, 6.07) is 0. The Morgan fingerprint density at radius 3 is 2.18 bits per heavy atom. The molecule has 0 aromatic carbocycles. The number of nitrogens with one attached hydrogen (secondary N) is 1. The van der Waals surface area contributed by atoms with Gasteiger partial charge in [0.1, 0.15) is 0 Å². The maximum atomic E-state index is 6.00. The SMILES string of the molecule is CCC(CNCC(C)C)OCC(C)(C)N(C)C. The van der Waals surface area contributed by atoms with Crippen molar-refractivity contribution in [3.05, 3.63) is 0 Å². The molecule has 0 radical (unpaired) electrons. The van der Waals surface area contributed by atoms with Crippen molar-refractivity contribution in [1.29, 1.82) is 0 Å². The fourth-order valence-corrected chi connectivity index (χ4v) is 1.30. The van der Waals surface area contributed by atoms with E-state index in [0.29, 0.717) is 12.0 Å². The molecule has 17 heavy (non-hydrogen) atoms. The molecule has 3 heteroatoms. The Morgan fingerprint density at radius 2 is 1.76 bits per heavy atom. The van der Waals surface area contributed by atoms with Crippen LogP contribution >= 0.6 is 0 Å². The minimum absolute atomic E-state index is 0.103. The zero-order valence-corrected chi connectivity index (χ0v) is 12.8. The number of hydrogen-bond acceptors (Lipinski definition) is 3. The molecule has 0 aromatic heterocycles. The standard InChI is InChI=1S/C14H32N2O/c1-8-13(10-15-9-12(2)3)17-11-14(4,5)16(6)7/h12-13,15H,8-11H2,1-7H3. The second-order valence-corrected chi connectivity index (χ2v) is 6.10. The summed E-state index contributed by atoms with van der Waals surface area (Å²) in [5.74, 6) is 0.700. The van der Waals surface area contributed by atoms with Crippen LogP contribution in [0.2, 0.25) is 0 Å². The third kappa shape index (κ3) is 7.74. The predicted molar refractivity (Wildman–Crippen MR) is 75.5 cm³/mol. The highest BCUT2D eigenvalue weighted by Gasteiger charge is 2.22. The second-order valence-electron chi connectivity index (χ2n) is 6.10. The highest BCUT2D eigenvalue weighted by atomic mass is 16.5. The summed E-state index contributed by atoms with van der Waals surface area (Å²) in [5.41, 5.74) is 0.103. The van der Waals surface area contributed by atoms with E-state index in [4.69, 9.17) is 4.74 Å². The van der Waals surface area contributed by atoms with Gasteiger partial charge >= 0.3 is 0 Å². The van der Waals surface area contributed by atoms with E-state index in [0.717, 1.165) is 26.1 Å². The van der Waals surface area contributed by atoms with Gasteiger partial charge in [0.2, 0.25) is 0 Å². The van der Waals surface area contributed by atoms with Crippen LogP contribution in [-0.4, -0.2) is 50.3 Å². The van der Waals surface area contributed by atoms with Gasteiger partial charge in [-0.15, -0.1) is 0 Å². The van der Waals surface area contributed by atoms with Gasteiger partial charge in [-0.3, -0.25) is 0 Å². The molecule has 1 N–H and O–H groups in total. The Balaban J connectivity index is 3.89. The van der Waals surface area contributed by atoms with Crippen LogP contribution in [0.25, 0.3) is 0 Å². The highest BCUT2D eigenvalue weighted by Crippen LogP contribution is 2.12. The summed E-state index contributed by atoms with van der Waals surface area (Å²) in [7, 11) is 4.20. The Hall–Kier alpha value is -0.120. The number of hydrogen-bond donors (Lipinski definition) is 1. The normalized spacial score (nSPS) is 14.6. The minimum Gasteiger partial charge on any atom is -0.375 e. The third-order valence-electron chi connectivity index (χ3n) is 3.26. The van der Waals surface area contributed by atoms with Crippen molar-refractivity contribution in [2.45, 2.75) is 52.7 Å². The number of rotatable bonds is 9. The van der Waals surface area contributed by atoms with Gasteiger partial charge in [-0.25, -0.2) is 0 Å². The smallest absolute Gasteiger partial charge is 0.0697 e. The maximum absolute atomic E-state index is 6.00. The van der Waals surface area contributed by atoms with E-state index in [1.807, 2.05) is 0 Å². The average molecular weight is 244 g/mol. The minimum atomic E-state index is 0.103. The molecule has 0 aliphatic heterocycles. The summed E-state index contributed by atoms with van der Waals surface area (Å²) >= 11 is 0. The van der Waals surface area contributed by atoms with Crippen molar-refractivity contribution in [2.24, 2.45) is 5.92 Å². The largest absolute Gasteiger partial charge is 0.375 e. The van der Waals surface area contributed by atoms with Crippen molar-refractivity contribution < 1.29 is 4.74 Å². The quantitative estimate of drug-likeness (QED) is 0.674. The molecule has 3 nitrogen and oxygen atoms in total. The molecule has 0 fully saturated rings. The summed E-state index contributed by atoms with van der Waals surface area (Å²) in [5, 5.41) is 3.46. The van der Waals surface area contributed by atoms with E-state index < -0.39 is 0 Å². The predicted octanol–water partition coefficient (Wildman–Crippen LogP) is 2.37. The van der Waals surface area contributed by atoms with Crippen LogP contribution in [-0.2, 0) is 4.74 Å². The Kier molecular flexibility index (Phi) is 8.01. The molecule has 0 saturated heterocycles. The highest BCUT2D eigenvalue weighted by molar-refractivity contribution is 4.77. The van der Waals surface area contributed by atoms with Crippen molar-refractivity contribution in [3.8, 4) is 0 Å². The van der Waals surface area contributed by atoms with E-state index in [2.05, 4.69) is 58.9 Å². The molecule has 0 amide bonds. The lowest BCUT2D eigenvalue weighted by Gasteiger charge is -2.33. The van der Waals surface area contributed by atoms with Gasteiger partial charge < -0.3 is 15.0 Å². The topological polar surface area (TPSA) is 24.5 Å². The average Bonchev–Trinajstić information content (AvgIpc) is 2.22. The van der Waals surface area contributed by atoms with Gasteiger partial charge in [0.05, 0.1) is 12.7 Å². The van der Waals surface area contributed by atoms with E-state index >= 15 is 0 Å². The molecule has 0 heterocycles. The lowest BCUT2D eigenvalue weighted by atomic mass is 10.1. The molecule has 0 aromatic rings. The number of likely N-dealkylation sites (N-methyl/N-ethyl adjacent to an activating group) is 1. The first-order valence-electron chi connectivity index (χ1n) is 6.79. The van der Waals surface area contributed by atoms with Gasteiger partial charge in [0, 0.05) is 12.1 Å². The molecule has 0 bridgehead atoms. The molecular weight excluding hydrogens is 212 g/mol. The Morgan fingerprint density at radius 1 is 1.18 bits per heavy atom. The van der Waals surface area contributed by atoms with Crippen molar-refractivity contribution in [1.82, 2.24) is 10.2 Å². The zero-order valence-electron chi connectivity index (χ0n) is 12.8. The van der Waals surface area contributed by atoms with Gasteiger partial charge in [-0.2, -0.15) is 0 Å². The van der Waals surface area contributed by atoms with Crippen molar-refractivity contribution >= 4 is 0 Å². The summed E-state index contributed by atoms with van der Waals surface area (Å²) < 4.78 is 6.00. The van der Waals surface area contributed by atoms with Gasteiger partial charge in [-0.05, 0) is 46.8 Å². The first-order chi connectivity index (χ1) is 7.79. The number of ether oxygens (including phenoxy) is 1. The number of nitrogens with zero attached hydrogens (tertiary/aromatic N) is 1. The van der Waals surface area contributed by atoms with E-state index in [9.17, 15) is 0 Å². The van der Waals surface area contributed by atoms with E-state index in [1.165, 1.54) is 0 Å². The van der Waals surface area contributed by atoms with Gasteiger partial charge in [0.15, 0.2) is 0 Å². The van der Waals surface area contributed by atoms with Crippen LogP contribution < -0.4 is 5.32 Å². The second kappa shape index (κ2) is 8.06.